The fraction of sp³-hybridized carbons (Fsp3) is 0.500. The van der Waals surface area contributed by atoms with Crippen molar-refractivity contribution in [2.45, 2.75) is 19.9 Å². The van der Waals surface area contributed by atoms with E-state index in [2.05, 4.69) is 15.3 Å². The normalized spacial score (nSPS) is 10.9. The van der Waals surface area contributed by atoms with Crippen LogP contribution in [-0.2, 0) is 11.3 Å². The molecule has 0 fully saturated rings. The second kappa shape index (κ2) is 11.2. The van der Waals surface area contributed by atoms with Crippen LogP contribution in [-0.4, -0.2) is 30.7 Å². The minimum Gasteiger partial charge on any atom is -0.382 e. The molecule has 0 saturated heterocycles. The number of nitrogens with two attached hydrogens (primary N) is 1. The quantitative estimate of drug-likeness (QED) is 0.243. The molecule has 0 amide bonds. The minimum absolute atomic E-state index is 0. The number of ether oxygens (including phenoxy) is 1. The molecule has 1 heterocycles. The van der Waals surface area contributed by atoms with Crippen LogP contribution in [0.3, 0.4) is 0 Å². The summed E-state index contributed by atoms with van der Waals surface area (Å²) >= 11 is 5.69. The van der Waals surface area contributed by atoms with Gasteiger partial charge in [-0.05, 0) is 25.0 Å². The van der Waals surface area contributed by atoms with Crippen LogP contribution in [0.4, 0.5) is 0 Å². The number of nitrogens with zero attached hydrogens (tertiary/aromatic N) is 2. The summed E-state index contributed by atoms with van der Waals surface area (Å²) in [5.41, 5.74) is 6.69. The van der Waals surface area contributed by atoms with E-state index in [1.165, 1.54) is 0 Å². The summed E-state index contributed by atoms with van der Waals surface area (Å²) in [5, 5.41) is 3.50. The smallest absolute Gasteiger partial charge is 0.188 e. The van der Waals surface area contributed by atoms with Crippen molar-refractivity contribution >= 4 is 41.5 Å². The van der Waals surface area contributed by atoms with Crippen LogP contribution < -0.4 is 11.1 Å². The highest BCUT2D eigenvalue weighted by molar-refractivity contribution is 14.0. The zero-order valence-electron chi connectivity index (χ0n) is 10.9. The number of guanidine groups is 1. The Hall–Kier alpha value is -0.600. The summed E-state index contributed by atoms with van der Waals surface area (Å²) in [6.45, 7) is 4.71. The van der Waals surface area contributed by atoms with Gasteiger partial charge in [0.1, 0.15) is 5.15 Å². The second-order valence-corrected chi connectivity index (χ2v) is 4.06. The summed E-state index contributed by atoms with van der Waals surface area (Å²) in [7, 11) is 0. The molecule has 0 spiro atoms. The molecular weight excluding hydrogens is 379 g/mol. The average molecular weight is 399 g/mol. The lowest BCUT2D eigenvalue weighted by molar-refractivity contribution is 0.145. The number of rotatable bonds is 7. The lowest BCUT2D eigenvalue weighted by Gasteiger charge is -2.05. The highest BCUT2D eigenvalue weighted by atomic mass is 127. The molecule has 7 heteroatoms. The van der Waals surface area contributed by atoms with Crippen molar-refractivity contribution in [2.24, 2.45) is 10.7 Å². The molecule has 3 N–H and O–H groups in total. The maximum atomic E-state index is 5.72. The highest BCUT2D eigenvalue weighted by Gasteiger charge is 1.95. The molecule has 1 aromatic rings. The summed E-state index contributed by atoms with van der Waals surface area (Å²) < 4.78 is 5.21. The van der Waals surface area contributed by atoms with Crippen LogP contribution in [0.25, 0.3) is 0 Å². The molecule has 0 bridgehead atoms. The monoisotopic (exact) mass is 398 g/mol. The Balaban J connectivity index is 0.00000324. The number of aromatic nitrogens is 1. The Labute approximate surface area is 136 Å². The van der Waals surface area contributed by atoms with Crippen molar-refractivity contribution in [2.75, 3.05) is 19.8 Å². The fourth-order valence-corrected chi connectivity index (χ4v) is 1.38. The zero-order valence-corrected chi connectivity index (χ0v) is 14.0. The predicted molar refractivity (Wildman–Crippen MR) is 89.1 cm³/mol. The summed E-state index contributed by atoms with van der Waals surface area (Å²) in [5.74, 6) is 0.432. The standard InChI is InChI=1S/C12H19ClN4O.HI/c1-2-18-7-3-6-15-12(14)17-9-10-4-5-11(13)16-8-10;/h4-5,8H,2-3,6-7,9H2,1H3,(H3,14,15,17);1H. The molecular formula is C12H20ClIN4O. The number of pyridine rings is 1. The number of nitrogens with one attached hydrogen (secondary N) is 1. The van der Waals surface area contributed by atoms with Gasteiger partial charge in [0.05, 0.1) is 6.54 Å². The van der Waals surface area contributed by atoms with E-state index < -0.39 is 0 Å². The Morgan fingerprint density at radius 2 is 2.32 bits per heavy atom. The van der Waals surface area contributed by atoms with E-state index in [4.69, 9.17) is 22.1 Å². The first kappa shape index (κ1) is 18.4. The summed E-state index contributed by atoms with van der Waals surface area (Å²) in [6.07, 6.45) is 2.60. The summed E-state index contributed by atoms with van der Waals surface area (Å²) in [6, 6.07) is 3.61. The van der Waals surface area contributed by atoms with Crippen molar-refractivity contribution < 1.29 is 4.74 Å². The fourth-order valence-electron chi connectivity index (χ4n) is 1.27. The van der Waals surface area contributed by atoms with Gasteiger partial charge in [0.15, 0.2) is 5.96 Å². The molecule has 0 aromatic carbocycles. The van der Waals surface area contributed by atoms with Crippen molar-refractivity contribution in [1.29, 1.82) is 0 Å². The van der Waals surface area contributed by atoms with Crippen molar-refractivity contribution in [1.82, 2.24) is 10.3 Å². The molecule has 0 saturated carbocycles. The van der Waals surface area contributed by atoms with E-state index in [1.54, 1.807) is 12.3 Å². The number of hydrogen-bond acceptors (Lipinski definition) is 3. The lowest BCUT2D eigenvalue weighted by Crippen LogP contribution is -2.32. The maximum Gasteiger partial charge on any atom is 0.188 e. The molecule has 0 aliphatic carbocycles. The SMILES string of the molecule is CCOCCCNC(N)=NCc1ccc(Cl)nc1.I. The van der Waals surface area contributed by atoms with Gasteiger partial charge in [-0.15, -0.1) is 24.0 Å². The van der Waals surface area contributed by atoms with E-state index in [0.29, 0.717) is 17.7 Å². The van der Waals surface area contributed by atoms with Crippen LogP contribution in [0.2, 0.25) is 5.15 Å². The van der Waals surface area contributed by atoms with Crippen LogP contribution in [0, 0.1) is 0 Å². The lowest BCUT2D eigenvalue weighted by atomic mass is 10.3. The van der Waals surface area contributed by atoms with Crippen LogP contribution >= 0.6 is 35.6 Å². The van der Waals surface area contributed by atoms with Crippen LogP contribution in [0.15, 0.2) is 23.3 Å². The first-order chi connectivity index (χ1) is 8.72. The van der Waals surface area contributed by atoms with Gasteiger partial charge in [-0.3, -0.25) is 0 Å². The molecule has 19 heavy (non-hydrogen) atoms. The maximum absolute atomic E-state index is 5.72. The second-order valence-electron chi connectivity index (χ2n) is 3.67. The average Bonchev–Trinajstić information content (AvgIpc) is 2.38. The Kier molecular flexibility index (Phi) is 10.9. The van der Waals surface area contributed by atoms with Gasteiger partial charge in [0.2, 0.25) is 0 Å². The zero-order chi connectivity index (χ0) is 13.2. The third-order valence-corrected chi connectivity index (χ3v) is 2.42. The van der Waals surface area contributed by atoms with E-state index in [0.717, 1.165) is 31.7 Å². The summed E-state index contributed by atoms with van der Waals surface area (Å²) in [4.78, 5) is 8.17. The van der Waals surface area contributed by atoms with Gasteiger partial charge in [0.25, 0.3) is 0 Å². The Morgan fingerprint density at radius 3 is 2.95 bits per heavy atom. The number of hydrogen-bond donors (Lipinski definition) is 2. The molecule has 5 nitrogen and oxygen atoms in total. The van der Waals surface area contributed by atoms with E-state index in [9.17, 15) is 0 Å². The van der Waals surface area contributed by atoms with E-state index in [-0.39, 0.29) is 24.0 Å². The predicted octanol–water partition coefficient (Wildman–Crippen LogP) is 2.18. The van der Waals surface area contributed by atoms with Crippen LogP contribution in [0.5, 0.6) is 0 Å². The minimum atomic E-state index is 0. The topological polar surface area (TPSA) is 72.5 Å². The van der Waals surface area contributed by atoms with Gasteiger partial charge < -0.3 is 15.8 Å². The molecule has 1 aromatic heterocycles. The first-order valence-corrected chi connectivity index (χ1v) is 6.32. The van der Waals surface area contributed by atoms with Gasteiger partial charge in [-0.25, -0.2) is 9.98 Å². The third-order valence-electron chi connectivity index (χ3n) is 2.20. The number of halogens is 2. The Bertz CT molecular complexity index is 372. The van der Waals surface area contributed by atoms with Gasteiger partial charge >= 0.3 is 0 Å². The Morgan fingerprint density at radius 1 is 1.53 bits per heavy atom. The molecule has 0 unspecified atom stereocenters. The van der Waals surface area contributed by atoms with Crippen molar-refractivity contribution in [3.8, 4) is 0 Å². The van der Waals surface area contributed by atoms with Crippen molar-refractivity contribution in [3.63, 3.8) is 0 Å². The third kappa shape index (κ3) is 9.01. The van der Waals surface area contributed by atoms with Gasteiger partial charge in [-0.2, -0.15) is 0 Å². The van der Waals surface area contributed by atoms with Crippen LogP contribution in [0.1, 0.15) is 18.9 Å². The van der Waals surface area contributed by atoms with Gasteiger partial charge in [0, 0.05) is 26.0 Å². The first-order valence-electron chi connectivity index (χ1n) is 5.94. The molecule has 108 valence electrons. The molecule has 0 aliphatic heterocycles. The molecule has 0 atom stereocenters. The highest BCUT2D eigenvalue weighted by Crippen LogP contribution is 2.05. The van der Waals surface area contributed by atoms with Gasteiger partial charge in [-0.1, -0.05) is 17.7 Å². The number of aliphatic imine (C=N–C) groups is 1. The molecule has 0 aliphatic rings. The molecule has 1 rings (SSSR count). The largest absolute Gasteiger partial charge is 0.382 e. The van der Waals surface area contributed by atoms with E-state index >= 15 is 0 Å². The van der Waals surface area contributed by atoms with Crippen molar-refractivity contribution in [3.05, 3.63) is 29.0 Å². The molecule has 0 radical (unpaired) electrons. The van der Waals surface area contributed by atoms with E-state index in [1.807, 2.05) is 13.0 Å².